The van der Waals surface area contributed by atoms with Crippen molar-refractivity contribution in [2.24, 2.45) is 5.92 Å². The van der Waals surface area contributed by atoms with Crippen molar-refractivity contribution in [3.05, 3.63) is 12.2 Å². The van der Waals surface area contributed by atoms with Gasteiger partial charge in [0.25, 0.3) is 0 Å². The molecule has 0 aliphatic carbocycles. The molecule has 0 saturated heterocycles. The van der Waals surface area contributed by atoms with Crippen molar-refractivity contribution in [2.75, 3.05) is 0 Å². The van der Waals surface area contributed by atoms with Crippen LogP contribution in [-0.2, 0) is 4.79 Å². The molecular formula is C8H14OS. The Bertz CT molecular complexity index is 120. The van der Waals surface area contributed by atoms with Crippen molar-refractivity contribution in [1.29, 1.82) is 0 Å². The highest BCUT2D eigenvalue weighted by molar-refractivity contribution is 7.81. The van der Waals surface area contributed by atoms with Gasteiger partial charge in [-0.2, -0.15) is 12.6 Å². The summed E-state index contributed by atoms with van der Waals surface area (Å²) in [6, 6.07) is 0. The van der Waals surface area contributed by atoms with E-state index in [-0.39, 0.29) is 11.2 Å². The van der Waals surface area contributed by atoms with E-state index in [1.165, 1.54) is 0 Å². The fraction of sp³-hybridized carbons (Fsp3) is 0.625. The number of carbonyl (C=O) groups is 1. The highest BCUT2D eigenvalue weighted by atomic mass is 32.1. The van der Waals surface area contributed by atoms with Crippen LogP contribution in [-0.4, -0.2) is 11.5 Å². The Morgan fingerprint density at radius 2 is 2.20 bits per heavy atom. The van der Waals surface area contributed by atoms with E-state index in [2.05, 4.69) is 12.6 Å². The van der Waals surface area contributed by atoms with Gasteiger partial charge >= 0.3 is 0 Å². The van der Waals surface area contributed by atoms with Gasteiger partial charge in [0.05, 0.1) is 0 Å². The second kappa shape index (κ2) is 5.54. The fourth-order valence-corrected chi connectivity index (χ4v) is 1.24. The highest BCUT2D eigenvalue weighted by Crippen LogP contribution is 2.09. The lowest BCUT2D eigenvalue weighted by Gasteiger charge is -2.06. The van der Waals surface area contributed by atoms with E-state index in [0.29, 0.717) is 0 Å². The third kappa shape index (κ3) is 4.62. The number of thiol groups is 1. The minimum atomic E-state index is 0.124. The van der Waals surface area contributed by atoms with E-state index < -0.39 is 0 Å². The topological polar surface area (TPSA) is 17.1 Å². The minimum absolute atomic E-state index is 0.124. The summed E-state index contributed by atoms with van der Waals surface area (Å²) in [4.78, 5) is 10.2. The molecule has 0 N–H and O–H groups in total. The molecule has 10 heavy (non-hydrogen) atoms. The molecule has 0 rings (SSSR count). The lowest BCUT2D eigenvalue weighted by atomic mass is 10.1. The number of hydrogen-bond acceptors (Lipinski definition) is 2. The van der Waals surface area contributed by atoms with E-state index in [1.807, 2.05) is 26.0 Å². The molecule has 0 aromatic heterocycles. The van der Waals surface area contributed by atoms with Gasteiger partial charge in [0.15, 0.2) is 0 Å². The molecule has 0 aromatic carbocycles. The van der Waals surface area contributed by atoms with E-state index in [0.717, 1.165) is 12.7 Å². The number of hydrogen-bond donors (Lipinski definition) is 1. The van der Waals surface area contributed by atoms with Crippen LogP contribution in [0.15, 0.2) is 12.2 Å². The summed E-state index contributed by atoms with van der Waals surface area (Å²) in [5, 5.41) is 0.227. The Labute approximate surface area is 67.9 Å². The lowest BCUT2D eigenvalue weighted by Crippen LogP contribution is -2.03. The largest absolute Gasteiger partial charge is 0.303 e. The zero-order valence-corrected chi connectivity index (χ0v) is 7.34. The van der Waals surface area contributed by atoms with Crippen LogP contribution in [0.2, 0.25) is 0 Å². The maximum atomic E-state index is 10.2. The molecule has 0 amide bonds. The van der Waals surface area contributed by atoms with Crippen LogP contribution in [0.4, 0.5) is 0 Å². The first-order valence-corrected chi connectivity index (χ1v) is 3.98. The van der Waals surface area contributed by atoms with Crippen molar-refractivity contribution in [2.45, 2.75) is 25.5 Å². The van der Waals surface area contributed by atoms with E-state index in [1.54, 1.807) is 0 Å². The minimum Gasteiger partial charge on any atom is -0.303 e. The summed E-state index contributed by atoms with van der Waals surface area (Å²) in [5.74, 6) is 0.124. The van der Waals surface area contributed by atoms with Gasteiger partial charge in [0.2, 0.25) is 0 Å². The number of aldehydes is 1. The number of allylic oxidation sites excluding steroid dienone is 1. The van der Waals surface area contributed by atoms with Crippen LogP contribution >= 0.6 is 12.6 Å². The predicted octanol–water partition coefficient (Wildman–Crippen LogP) is 2.09. The molecule has 0 spiro atoms. The number of carbonyl (C=O) groups excluding carboxylic acids is 1. The molecule has 0 fully saturated rings. The van der Waals surface area contributed by atoms with Gasteiger partial charge in [-0.25, -0.2) is 0 Å². The molecule has 1 nitrogen and oxygen atoms in total. The standard InChI is InChI=1S/C8H14OS/c1-3-4-8(10)5-7(2)6-9/h3-4,6-8,10H,5H2,1-2H3. The second-order valence-corrected chi connectivity index (χ2v) is 3.11. The second-order valence-electron chi connectivity index (χ2n) is 2.44. The first-order chi connectivity index (χ1) is 4.70. The molecule has 0 bridgehead atoms. The summed E-state index contributed by atoms with van der Waals surface area (Å²) in [5.41, 5.74) is 0. The molecule has 2 atom stereocenters. The van der Waals surface area contributed by atoms with Crippen molar-refractivity contribution >= 4 is 18.9 Å². The Balaban J connectivity index is 3.55. The van der Waals surface area contributed by atoms with Gasteiger partial charge < -0.3 is 4.79 Å². The molecule has 0 aliphatic heterocycles. The first kappa shape index (κ1) is 9.76. The molecule has 0 aliphatic rings. The summed E-state index contributed by atoms with van der Waals surface area (Å²) < 4.78 is 0. The van der Waals surface area contributed by atoms with Gasteiger partial charge in [-0.15, -0.1) is 0 Å². The first-order valence-electron chi connectivity index (χ1n) is 3.47. The van der Waals surface area contributed by atoms with E-state index in [4.69, 9.17) is 0 Å². The molecule has 58 valence electrons. The zero-order chi connectivity index (χ0) is 7.98. The summed E-state index contributed by atoms with van der Waals surface area (Å²) in [6.07, 6.45) is 5.74. The van der Waals surface area contributed by atoms with Gasteiger partial charge in [-0.3, -0.25) is 0 Å². The summed E-state index contributed by atoms with van der Waals surface area (Å²) in [6.45, 7) is 3.86. The molecular weight excluding hydrogens is 144 g/mol. The van der Waals surface area contributed by atoms with Crippen LogP contribution in [0.3, 0.4) is 0 Å². The van der Waals surface area contributed by atoms with Crippen molar-refractivity contribution in [3.63, 3.8) is 0 Å². The molecule has 0 heterocycles. The van der Waals surface area contributed by atoms with Gasteiger partial charge in [0.1, 0.15) is 6.29 Å². The number of rotatable bonds is 4. The summed E-state index contributed by atoms with van der Waals surface area (Å²) in [7, 11) is 0. The van der Waals surface area contributed by atoms with Gasteiger partial charge in [0, 0.05) is 11.2 Å². The van der Waals surface area contributed by atoms with Crippen LogP contribution in [0.5, 0.6) is 0 Å². The van der Waals surface area contributed by atoms with Crippen LogP contribution in [0, 0.1) is 5.92 Å². The monoisotopic (exact) mass is 158 g/mol. The molecule has 2 unspecified atom stereocenters. The third-order valence-corrected chi connectivity index (χ3v) is 1.64. The van der Waals surface area contributed by atoms with Gasteiger partial charge in [-0.1, -0.05) is 19.1 Å². The van der Waals surface area contributed by atoms with Crippen molar-refractivity contribution < 1.29 is 4.79 Å². The Kier molecular flexibility index (Phi) is 5.40. The molecule has 2 heteroatoms. The Morgan fingerprint density at radius 3 is 2.60 bits per heavy atom. The van der Waals surface area contributed by atoms with Crippen LogP contribution in [0.1, 0.15) is 20.3 Å². The van der Waals surface area contributed by atoms with Crippen LogP contribution in [0.25, 0.3) is 0 Å². The third-order valence-electron chi connectivity index (χ3n) is 1.26. The smallest absolute Gasteiger partial charge is 0.122 e. The fourth-order valence-electron chi connectivity index (χ4n) is 0.737. The normalized spacial score (nSPS) is 17.1. The van der Waals surface area contributed by atoms with Crippen molar-refractivity contribution in [1.82, 2.24) is 0 Å². The Hall–Kier alpha value is -0.240. The summed E-state index contributed by atoms with van der Waals surface area (Å²) >= 11 is 4.26. The lowest BCUT2D eigenvalue weighted by molar-refractivity contribution is -0.110. The maximum absolute atomic E-state index is 10.2. The predicted molar refractivity (Wildman–Crippen MR) is 47.4 cm³/mol. The average Bonchev–Trinajstić information content (AvgIpc) is 1.88. The SMILES string of the molecule is CC=CC(S)CC(C)C=O. The molecule has 0 saturated carbocycles. The Morgan fingerprint density at radius 1 is 1.60 bits per heavy atom. The highest BCUT2D eigenvalue weighted by Gasteiger charge is 2.03. The quantitative estimate of drug-likeness (QED) is 0.376. The van der Waals surface area contributed by atoms with E-state index >= 15 is 0 Å². The molecule has 0 aromatic rings. The molecule has 0 radical (unpaired) electrons. The van der Waals surface area contributed by atoms with E-state index in [9.17, 15) is 4.79 Å². The van der Waals surface area contributed by atoms with Crippen LogP contribution < -0.4 is 0 Å². The van der Waals surface area contributed by atoms with Crippen molar-refractivity contribution in [3.8, 4) is 0 Å². The zero-order valence-electron chi connectivity index (χ0n) is 6.45. The maximum Gasteiger partial charge on any atom is 0.122 e. The van der Waals surface area contributed by atoms with Gasteiger partial charge in [-0.05, 0) is 13.3 Å². The average molecular weight is 158 g/mol.